The van der Waals surface area contributed by atoms with E-state index in [0.29, 0.717) is 11.3 Å². The fraction of sp³-hybridized carbons (Fsp3) is 0.440. The second-order valence-corrected chi connectivity index (χ2v) is 8.78. The van der Waals surface area contributed by atoms with E-state index >= 15 is 0 Å². The molecule has 1 saturated carbocycles. The minimum Gasteiger partial charge on any atom is -0.302 e. The molecular formula is C25H31N. The molecule has 4 rings (SSSR count). The van der Waals surface area contributed by atoms with Crippen LogP contribution in [0.25, 0.3) is 5.57 Å². The van der Waals surface area contributed by atoms with E-state index in [0.717, 1.165) is 0 Å². The van der Waals surface area contributed by atoms with Gasteiger partial charge in [0.05, 0.1) is 0 Å². The van der Waals surface area contributed by atoms with Crippen molar-refractivity contribution in [1.82, 2.24) is 4.90 Å². The summed E-state index contributed by atoms with van der Waals surface area (Å²) in [6, 6.07) is 18.4. The first-order valence-electron chi connectivity index (χ1n) is 10.1. The molecule has 1 nitrogen and oxygen atoms in total. The summed E-state index contributed by atoms with van der Waals surface area (Å²) in [7, 11) is 0. The molecule has 1 saturated heterocycles. The average molecular weight is 346 g/mol. The molecule has 1 heteroatoms. The highest BCUT2D eigenvalue weighted by molar-refractivity contribution is 5.83. The Morgan fingerprint density at radius 2 is 1.46 bits per heavy atom. The Hall–Kier alpha value is -1.86. The fourth-order valence-corrected chi connectivity index (χ4v) is 4.71. The van der Waals surface area contributed by atoms with Crippen LogP contribution in [0.3, 0.4) is 0 Å². The molecule has 1 aliphatic carbocycles. The zero-order valence-corrected chi connectivity index (χ0v) is 16.7. The van der Waals surface area contributed by atoms with Gasteiger partial charge in [-0.15, -0.1) is 0 Å². The quantitative estimate of drug-likeness (QED) is 0.653. The van der Waals surface area contributed by atoms with Crippen molar-refractivity contribution in [2.75, 3.05) is 19.6 Å². The van der Waals surface area contributed by atoms with Crippen LogP contribution >= 0.6 is 0 Å². The van der Waals surface area contributed by atoms with Crippen LogP contribution in [0.15, 0.2) is 54.1 Å². The van der Waals surface area contributed by atoms with E-state index in [1.54, 1.807) is 5.57 Å². The smallest absolute Gasteiger partial charge is 0.00565 e. The van der Waals surface area contributed by atoms with Crippen molar-refractivity contribution < 1.29 is 0 Å². The van der Waals surface area contributed by atoms with Gasteiger partial charge >= 0.3 is 0 Å². The summed E-state index contributed by atoms with van der Waals surface area (Å²) >= 11 is 0. The van der Waals surface area contributed by atoms with Gasteiger partial charge in [-0.05, 0) is 54.5 Å². The maximum atomic E-state index is 2.57. The summed E-state index contributed by atoms with van der Waals surface area (Å²) in [6.07, 6.45) is 2.55. The van der Waals surface area contributed by atoms with E-state index in [2.05, 4.69) is 81.1 Å². The summed E-state index contributed by atoms with van der Waals surface area (Å²) in [5.41, 5.74) is 9.24. The van der Waals surface area contributed by atoms with Crippen molar-refractivity contribution in [2.24, 2.45) is 5.41 Å². The molecule has 0 bridgehead atoms. The normalized spacial score (nSPS) is 18.7. The molecule has 0 aromatic heterocycles. The summed E-state index contributed by atoms with van der Waals surface area (Å²) in [6.45, 7) is 12.7. The van der Waals surface area contributed by atoms with Gasteiger partial charge in [0.15, 0.2) is 0 Å². The first-order chi connectivity index (χ1) is 12.5. The van der Waals surface area contributed by atoms with E-state index < -0.39 is 0 Å². The third-order valence-electron chi connectivity index (χ3n) is 6.30. The maximum absolute atomic E-state index is 2.57. The maximum Gasteiger partial charge on any atom is 0.00565 e. The van der Waals surface area contributed by atoms with Gasteiger partial charge in [-0.1, -0.05) is 80.4 Å². The number of hydrogen-bond donors (Lipinski definition) is 0. The molecule has 136 valence electrons. The van der Waals surface area contributed by atoms with Crippen LogP contribution in [0, 0.1) is 12.3 Å². The average Bonchev–Trinajstić information content (AvgIpc) is 2.57. The number of hydrogen-bond acceptors (Lipinski definition) is 1. The van der Waals surface area contributed by atoms with Gasteiger partial charge < -0.3 is 4.90 Å². The van der Waals surface area contributed by atoms with E-state index in [4.69, 9.17) is 0 Å². The molecule has 2 aromatic rings. The van der Waals surface area contributed by atoms with Gasteiger partial charge in [-0.2, -0.15) is 0 Å². The number of allylic oxidation sites excluding steroid dienone is 1. The van der Waals surface area contributed by atoms with Crippen LogP contribution in [0.1, 0.15) is 61.8 Å². The Kier molecular flexibility index (Phi) is 4.52. The molecule has 2 fully saturated rings. The van der Waals surface area contributed by atoms with Gasteiger partial charge in [0, 0.05) is 18.5 Å². The number of benzene rings is 2. The van der Waals surface area contributed by atoms with Crippen LogP contribution in [0.2, 0.25) is 0 Å². The highest BCUT2D eigenvalue weighted by Gasteiger charge is 2.49. The fourth-order valence-electron chi connectivity index (χ4n) is 4.71. The Bertz CT molecular complexity index is 792. The number of aryl methyl sites for hydroxylation is 1. The number of rotatable bonds is 4. The van der Waals surface area contributed by atoms with E-state index in [1.165, 1.54) is 60.3 Å². The highest BCUT2D eigenvalue weighted by Crippen LogP contribution is 2.54. The lowest BCUT2D eigenvalue weighted by Crippen LogP contribution is -2.60. The molecule has 2 aromatic carbocycles. The third-order valence-corrected chi connectivity index (χ3v) is 6.30. The minimum absolute atomic E-state index is 0.583. The van der Waals surface area contributed by atoms with Crippen molar-refractivity contribution >= 4 is 5.57 Å². The van der Waals surface area contributed by atoms with Crippen molar-refractivity contribution in [3.63, 3.8) is 0 Å². The van der Waals surface area contributed by atoms with Crippen molar-refractivity contribution in [3.8, 4) is 0 Å². The second kappa shape index (κ2) is 6.70. The van der Waals surface area contributed by atoms with Gasteiger partial charge in [0.2, 0.25) is 0 Å². The Morgan fingerprint density at radius 3 is 1.96 bits per heavy atom. The van der Waals surface area contributed by atoms with Crippen molar-refractivity contribution in [3.05, 3.63) is 76.4 Å². The molecule has 2 aliphatic rings. The summed E-state index contributed by atoms with van der Waals surface area (Å²) in [5, 5.41) is 0. The molecule has 0 atom stereocenters. The molecule has 1 heterocycles. The van der Waals surface area contributed by atoms with E-state index in [9.17, 15) is 0 Å². The monoisotopic (exact) mass is 345 g/mol. The molecule has 1 spiro atoms. The van der Waals surface area contributed by atoms with Crippen molar-refractivity contribution in [1.29, 1.82) is 0 Å². The van der Waals surface area contributed by atoms with Crippen molar-refractivity contribution in [2.45, 2.75) is 46.5 Å². The topological polar surface area (TPSA) is 3.24 Å². The Labute approximate surface area is 158 Å². The van der Waals surface area contributed by atoms with Gasteiger partial charge in [0.25, 0.3) is 0 Å². The second-order valence-electron chi connectivity index (χ2n) is 8.78. The van der Waals surface area contributed by atoms with E-state index in [1.807, 2.05) is 0 Å². The summed E-state index contributed by atoms with van der Waals surface area (Å²) in [5.74, 6) is 0.585. The Morgan fingerprint density at radius 1 is 0.923 bits per heavy atom. The predicted octanol–water partition coefficient (Wildman–Crippen LogP) is 6.04. The van der Waals surface area contributed by atoms with Gasteiger partial charge in [-0.3, -0.25) is 0 Å². The molecule has 0 amide bonds. The molecular weight excluding hydrogens is 314 g/mol. The van der Waals surface area contributed by atoms with Gasteiger partial charge in [0.1, 0.15) is 0 Å². The lowest BCUT2D eigenvalue weighted by Gasteiger charge is -2.57. The molecule has 0 unspecified atom stereocenters. The summed E-state index contributed by atoms with van der Waals surface area (Å²) in [4.78, 5) is 2.57. The van der Waals surface area contributed by atoms with E-state index in [-0.39, 0.29) is 0 Å². The summed E-state index contributed by atoms with van der Waals surface area (Å²) < 4.78 is 0. The first kappa shape index (κ1) is 17.5. The van der Waals surface area contributed by atoms with Crippen LogP contribution in [-0.4, -0.2) is 24.5 Å². The standard InChI is InChI=1S/C25H31N/c1-5-26-16-25(17-26)14-23(15-25)24(21-8-6-19(4)7-9-21)22-12-10-20(11-13-22)18(2)3/h6-13,18H,5,14-17H2,1-4H3. The third kappa shape index (κ3) is 3.14. The molecule has 26 heavy (non-hydrogen) atoms. The molecule has 1 aliphatic heterocycles. The van der Waals surface area contributed by atoms with Crippen LogP contribution in [0.4, 0.5) is 0 Å². The van der Waals surface area contributed by atoms with Crippen LogP contribution in [0.5, 0.6) is 0 Å². The van der Waals surface area contributed by atoms with Crippen LogP contribution in [-0.2, 0) is 0 Å². The van der Waals surface area contributed by atoms with Gasteiger partial charge in [-0.25, -0.2) is 0 Å². The first-order valence-corrected chi connectivity index (χ1v) is 10.1. The molecule has 0 radical (unpaired) electrons. The minimum atomic E-state index is 0.583. The number of nitrogens with zero attached hydrogens (tertiary/aromatic N) is 1. The van der Waals surface area contributed by atoms with Crippen LogP contribution < -0.4 is 0 Å². The zero-order valence-electron chi connectivity index (χ0n) is 16.7. The largest absolute Gasteiger partial charge is 0.302 e. The lowest BCUT2D eigenvalue weighted by atomic mass is 9.59. The predicted molar refractivity (Wildman–Crippen MR) is 112 cm³/mol. The Balaban J connectivity index is 1.67. The lowest BCUT2D eigenvalue weighted by molar-refractivity contribution is -0.0257. The molecule has 0 N–H and O–H groups in total. The SMILES string of the molecule is CCN1CC2(CC(=C(c3ccc(C)cc3)c3ccc(C(C)C)cc3)C2)C1. The highest BCUT2D eigenvalue weighted by atomic mass is 15.2. The number of likely N-dealkylation sites (tertiary alicyclic amines) is 1. The zero-order chi connectivity index (χ0) is 18.3.